The third-order valence-corrected chi connectivity index (χ3v) is 14.3. The number of hydrogen-bond donors (Lipinski definition) is 6. The molecule has 1 aliphatic heterocycles. The SMILES string of the molecule is CC/C=C/C=C/C=C\C=C/CCCCCC(=O)OC1C(OCC(NC(=O)C(O)CCCCCCCCCC/C=C\C/C=C\C/C=C\C/C=C\CCCCC)C(O)/C=C/CCCCCCCCCCCCC)OC(CO)C(O)C1O. The molecule has 0 saturated carbocycles. The second kappa shape index (κ2) is 54.9. The summed E-state index contributed by atoms with van der Waals surface area (Å²) in [6, 6.07) is -1.04. The van der Waals surface area contributed by atoms with Crippen LogP contribution < -0.4 is 5.32 Å². The third kappa shape index (κ3) is 42.8. The lowest BCUT2D eigenvalue weighted by Crippen LogP contribution is -2.61. The smallest absolute Gasteiger partial charge is 0.306 e. The molecule has 8 atom stereocenters. The van der Waals surface area contributed by atoms with Crippen LogP contribution in [-0.2, 0) is 23.8 Å². The van der Waals surface area contributed by atoms with Gasteiger partial charge in [-0.2, -0.15) is 0 Å². The van der Waals surface area contributed by atoms with Crippen LogP contribution in [0.15, 0.2) is 109 Å². The van der Waals surface area contributed by atoms with Crippen molar-refractivity contribution >= 4 is 11.9 Å². The fourth-order valence-electron chi connectivity index (χ4n) is 9.23. The van der Waals surface area contributed by atoms with E-state index in [0.29, 0.717) is 12.8 Å². The van der Waals surface area contributed by atoms with Gasteiger partial charge in [-0.1, -0.05) is 259 Å². The van der Waals surface area contributed by atoms with Crippen LogP contribution in [-0.4, -0.2) is 99.6 Å². The first-order chi connectivity index (χ1) is 38.7. The van der Waals surface area contributed by atoms with Crippen LogP contribution in [0.25, 0.3) is 0 Å². The van der Waals surface area contributed by atoms with E-state index in [2.05, 4.69) is 86.8 Å². The second-order valence-electron chi connectivity index (χ2n) is 21.5. The van der Waals surface area contributed by atoms with Crippen molar-refractivity contribution in [3.63, 3.8) is 0 Å². The maximum Gasteiger partial charge on any atom is 0.306 e. The van der Waals surface area contributed by atoms with E-state index in [9.17, 15) is 35.1 Å². The average Bonchev–Trinajstić information content (AvgIpc) is 3.49. The van der Waals surface area contributed by atoms with Gasteiger partial charge >= 0.3 is 5.97 Å². The number of rotatable bonds is 52. The molecule has 0 aliphatic carbocycles. The molecule has 1 amide bonds. The summed E-state index contributed by atoms with van der Waals surface area (Å²) >= 11 is 0. The van der Waals surface area contributed by atoms with Crippen LogP contribution in [0.1, 0.15) is 245 Å². The number of ether oxygens (including phenoxy) is 3. The Balaban J connectivity index is 2.67. The number of nitrogens with one attached hydrogen (secondary N) is 1. The van der Waals surface area contributed by atoms with Crippen LogP contribution in [0.2, 0.25) is 0 Å². The number of allylic oxidation sites excluding steroid dienone is 17. The van der Waals surface area contributed by atoms with Gasteiger partial charge in [0.1, 0.15) is 24.4 Å². The topological polar surface area (TPSA) is 175 Å². The lowest BCUT2D eigenvalue weighted by Gasteiger charge is -2.41. The standard InChI is InChI=1S/C68H115NO10/c1-4-7-10-13-16-19-22-25-26-27-28-29-30-31-32-33-34-35-38-40-43-46-49-52-55-61(72)67(76)69-59(60(71)54-51-48-45-42-39-36-23-20-17-14-11-8-5-2)58-77-68-66(65(75)64(74)62(57-70)78-68)79-63(73)56-53-50-47-44-41-37-24-21-18-15-12-9-6-3/h9,12,15-16,18-19,21,24-26,28-29,31-32,37,41,51,54,59-62,64-66,68,70-72,74-75H,4-8,10-11,13-14,17,20,22-23,27,30,33-36,38-40,42-50,52-53,55-58H2,1-3H3,(H,69,76)/b12-9+,18-15+,19-16-,24-21-,26-25-,29-28-,32-31-,41-37-,54-51+. The predicted molar refractivity (Wildman–Crippen MR) is 328 cm³/mol. The zero-order valence-electron chi connectivity index (χ0n) is 50.0. The summed E-state index contributed by atoms with van der Waals surface area (Å²) in [4.78, 5) is 26.5. The van der Waals surface area contributed by atoms with Gasteiger partial charge in [0.2, 0.25) is 5.91 Å². The van der Waals surface area contributed by atoms with Crippen molar-refractivity contribution in [1.29, 1.82) is 0 Å². The highest BCUT2D eigenvalue weighted by atomic mass is 16.7. The molecule has 1 aliphatic rings. The van der Waals surface area contributed by atoms with E-state index in [0.717, 1.165) is 103 Å². The lowest BCUT2D eigenvalue weighted by atomic mass is 9.99. The average molecular weight is 1110 g/mol. The Morgan fingerprint density at radius 2 is 0.962 bits per heavy atom. The highest BCUT2D eigenvalue weighted by Gasteiger charge is 2.47. The van der Waals surface area contributed by atoms with Crippen molar-refractivity contribution in [3.05, 3.63) is 109 Å². The first kappa shape index (κ1) is 73.3. The number of aliphatic hydroxyl groups excluding tert-OH is 5. The van der Waals surface area contributed by atoms with Gasteiger partial charge in [0, 0.05) is 6.42 Å². The van der Waals surface area contributed by atoms with Crippen LogP contribution >= 0.6 is 0 Å². The zero-order valence-corrected chi connectivity index (χ0v) is 50.0. The molecule has 0 aromatic rings. The molecule has 0 aromatic carbocycles. The Labute approximate surface area is 481 Å². The molecular weight excluding hydrogens is 991 g/mol. The van der Waals surface area contributed by atoms with Gasteiger partial charge < -0.3 is 45.1 Å². The van der Waals surface area contributed by atoms with Crippen molar-refractivity contribution in [3.8, 4) is 0 Å². The van der Waals surface area contributed by atoms with E-state index in [1.54, 1.807) is 6.08 Å². The molecule has 1 heterocycles. The van der Waals surface area contributed by atoms with Crippen LogP contribution in [0.4, 0.5) is 0 Å². The number of esters is 1. The lowest BCUT2D eigenvalue weighted by molar-refractivity contribution is -0.305. The van der Waals surface area contributed by atoms with E-state index >= 15 is 0 Å². The van der Waals surface area contributed by atoms with Gasteiger partial charge in [0.05, 0.1) is 25.4 Å². The minimum Gasteiger partial charge on any atom is -0.454 e. The quantitative estimate of drug-likeness (QED) is 0.0149. The molecule has 11 nitrogen and oxygen atoms in total. The number of amides is 1. The summed E-state index contributed by atoms with van der Waals surface area (Å²) in [6.07, 6.45) is 64.1. The summed E-state index contributed by atoms with van der Waals surface area (Å²) in [7, 11) is 0. The fourth-order valence-corrected chi connectivity index (χ4v) is 9.23. The Hall–Kier alpha value is -3.68. The van der Waals surface area contributed by atoms with E-state index in [-0.39, 0.29) is 19.4 Å². The first-order valence-electron chi connectivity index (χ1n) is 31.7. The normalized spacial score (nSPS) is 19.6. The zero-order chi connectivity index (χ0) is 57.5. The van der Waals surface area contributed by atoms with Gasteiger partial charge in [-0.25, -0.2) is 0 Å². The minimum atomic E-state index is -1.64. The summed E-state index contributed by atoms with van der Waals surface area (Å²) in [5, 5.41) is 57.0. The summed E-state index contributed by atoms with van der Waals surface area (Å²) in [6.45, 7) is 5.58. The van der Waals surface area contributed by atoms with Crippen molar-refractivity contribution in [2.24, 2.45) is 0 Å². The predicted octanol–water partition coefficient (Wildman–Crippen LogP) is 15.3. The molecule has 11 heteroatoms. The molecule has 452 valence electrons. The number of unbranched alkanes of at least 4 members (excludes halogenated alkanes) is 25. The van der Waals surface area contributed by atoms with Crippen molar-refractivity contribution < 1.29 is 49.3 Å². The first-order valence-corrected chi connectivity index (χ1v) is 31.7. The van der Waals surface area contributed by atoms with E-state index in [1.807, 2.05) is 42.5 Å². The highest BCUT2D eigenvalue weighted by Crippen LogP contribution is 2.26. The highest BCUT2D eigenvalue weighted by molar-refractivity contribution is 5.80. The van der Waals surface area contributed by atoms with Crippen molar-refractivity contribution in [2.45, 2.75) is 294 Å². The van der Waals surface area contributed by atoms with Gasteiger partial charge in [-0.3, -0.25) is 9.59 Å². The summed E-state index contributed by atoms with van der Waals surface area (Å²) in [5.41, 5.74) is 0. The molecule has 0 bridgehead atoms. The minimum absolute atomic E-state index is 0.0716. The molecule has 6 N–H and O–H groups in total. The van der Waals surface area contributed by atoms with Crippen LogP contribution in [0.5, 0.6) is 0 Å². The Morgan fingerprint density at radius 3 is 1.51 bits per heavy atom. The molecule has 1 fully saturated rings. The van der Waals surface area contributed by atoms with E-state index in [4.69, 9.17) is 14.2 Å². The number of aliphatic hydroxyl groups is 5. The third-order valence-electron chi connectivity index (χ3n) is 14.3. The van der Waals surface area contributed by atoms with Gasteiger partial charge in [-0.15, -0.1) is 0 Å². The van der Waals surface area contributed by atoms with Gasteiger partial charge in [0.15, 0.2) is 12.4 Å². The molecule has 0 radical (unpaired) electrons. The van der Waals surface area contributed by atoms with Crippen LogP contribution in [0.3, 0.4) is 0 Å². The van der Waals surface area contributed by atoms with Crippen LogP contribution in [0, 0.1) is 0 Å². The molecule has 0 aromatic heterocycles. The number of hydrogen-bond acceptors (Lipinski definition) is 10. The number of carbonyl (C=O) groups is 2. The molecular formula is C68H115NO10. The molecule has 79 heavy (non-hydrogen) atoms. The summed E-state index contributed by atoms with van der Waals surface area (Å²) < 4.78 is 17.6. The maximum absolute atomic E-state index is 13.4. The molecule has 1 rings (SSSR count). The monoisotopic (exact) mass is 1110 g/mol. The number of carbonyl (C=O) groups excluding carboxylic acids is 2. The Morgan fingerprint density at radius 1 is 0.519 bits per heavy atom. The largest absolute Gasteiger partial charge is 0.454 e. The molecule has 8 unspecified atom stereocenters. The Kier molecular flexibility index (Phi) is 50.9. The van der Waals surface area contributed by atoms with Crippen molar-refractivity contribution in [2.75, 3.05) is 13.2 Å². The fraction of sp³-hybridized carbons (Fsp3) is 0.706. The Bertz CT molecular complexity index is 1700. The van der Waals surface area contributed by atoms with Crippen molar-refractivity contribution in [1.82, 2.24) is 5.32 Å². The van der Waals surface area contributed by atoms with Gasteiger partial charge in [-0.05, 0) is 89.9 Å². The van der Waals surface area contributed by atoms with E-state index in [1.165, 1.54) is 96.3 Å². The second-order valence-corrected chi connectivity index (χ2v) is 21.5. The van der Waals surface area contributed by atoms with E-state index < -0.39 is 67.4 Å². The molecule has 0 spiro atoms. The molecule has 1 saturated heterocycles. The summed E-state index contributed by atoms with van der Waals surface area (Å²) in [5.74, 6) is -1.25. The van der Waals surface area contributed by atoms with Gasteiger partial charge in [0.25, 0.3) is 0 Å². The maximum atomic E-state index is 13.4.